The Morgan fingerprint density at radius 3 is 3.00 bits per heavy atom. The lowest BCUT2D eigenvalue weighted by atomic mass is 10.1. The van der Waals surface area contributed by atoms with Crippen molar-refractivity contribution in [2.75, 3.05) is 23.3 Å². The number of hydrogen-bond donors (Lipinski definition) is 1. The quantitative estimate of drug-likeness (QED) is 0.932. The Morgan fingerprint density at radius 1 is 1.35 bits per heavy atom. The number of rotatable bonds is 3. The molecule has 0 radical (unpaired) electrons. The minimum Gasteiger partial charge on any atom is -0.370 e. The van der Waals surface area contributed by atoms with Crippen LogP contribution < -0.4 is 10.2 Å². The molecule has 0 fully saturated rings. The van der Waals surface area contributed by atoms with Crippen molar-refractivity contribution in [1.29, 1.82) is 0 Å². The standard InChI is InChI=1S/C15H17FN4/c1-3-17-14-10(2)15(19-9-18-14)20-7-6-11-4-5-12(16)8-13(11)20/h4-5,8-9H,3,6-7H2,1-2H3,(H,17,18,19). The molecule has 0 spiro atoms. The Hall–Kier alpha value is -2.17. The molecule has 0 amide bonds. The minimum absolute atomic E-state index is 0.214. The largest absolute Gasteiger partial charge is 0.370 e. The maximum Gasteiger partial charge on any atom is 0.141 e. The molecule has 3 rings (SSSR count). The van der Waals surface area contributed by atoms with Gasteiger partial charge in [-0.15, -0.1) is 0 Å². The molecule has 0 unspecified atom stereocenters. The monoisotopic (exact) mass is 272 g/mol. The van der Waals surface area contributed by atoms with E-state index in [1.54, 1.807) is 12.4 Å². The van der Waals surface area contributed by atoms with Gasteiger partial charge in [0.1, 0.15) is 23.8 Å². The molecule has 1 aliphatic rings. The van der Waals surface area contributed by atoms with Gasteiger partial charge in [0, 0.05) is 24.3 Å². The lowest BCUT2D eigenvalue weighted by Gasteiger charge is -2.21. The van der Waals surface area contributed by atoms with Crippen LogP contribution in [0.5, 0.6) is 0 Å². The van der Waals surface area contributed by atoms with Crippen LogP contribution in [0.4, 0.5) is 21.7 Å². The maximum absolute atomic E-state index is 13.5. The zero-order valence-electron chi connectivity index (χ0n) is 11.7. The summed E-state index contributed by atoms with van der Waals surface area (Å²) >= 11 is 0. The fourth-order valence-electron chi connectivity index (χ4n) is 2.63. The number of aromatic nitrogens is 2. The van der Waals surface area contributed by atoms with Gasteiger partial charge in [0.05, 0.1) is 0 Å². The smallest absolute Gasteiger partial charge is 0.141 e. The second-order valence-corrected chi connectivity index (χ2v) is 4.88. The molecule has 104 valence electrons. The fourth-order valence-corrected chi connectivity index (χ4v) is 2.63. The fraction of sp³-hybridized carbons (Fsp3) is 0.333. The first kappa shape index (κ1) is 12.8. The molecule has 2 heterocycles. The predicted molar refractivity (Wildman–Crippen MR) is 78.0 cm³/mol. The molecular weight excluding hydrogens is 255 g/mol. The Kier molecular flexibility index (Phi) is 3.26. The number of benzene rings is 1. The third-order valence-corrected chi connectivity index (χ3v) is 3.60. The summed E-state index contributed by atoms with van der Waals surface area (Å²) < 4.78 is 13.5. The number of nitrogens with one attached hydrogen (secondary N) is 1. The van der Waals surface area contributed by atoms with E-state index in [1.807, 2.05) is 19.9 Å². The van der Waals surface area contributed by atoms with Crippen LogP contribution in [-0.4, -0.2) is 23.1 Å². The van der Waals surface area contributed by atoms with E-state index < -0.39 is 0 Å². The van der Waals surface area contributed by atoms with Crippen LogP contribution in [0, 0.1) is 12.7 Å². The van der Waals surface area contributed by atoms with Crippen LogP contribution in [0.25, 0.3) is 0 Å². The lowest BCUT2D eigenvalue weighted by molar-refractivity contribution is 0.628. The van der Waals surface area contributed by atoms with Gasteiger partial charge in [0.25, 0.3) is 0 Å². The molecule has 1 aliphatic heterocycles. The van der Waals surface area contributed by atoms with Crippen LogP contribution in [0.1, 0.15) is 18.1 Å². The van der Waals surface area contributed by atoms with Gasteiger partial charge in [-0.05, 0) is 38.0 Å². The van der Waals surface area contributed by atoms with Crippen molar-refractivity contribution >= 4 is 17.3 Å². The Bertz CT molecular complexity index is 642. The summed E-state index contributed by atoms with van der Waals surface area (Å²) in [4.78, 5) is 10.7. The molecule has 5 heteroatoms. The molecule has 4 nitrogen and oxygen atoms in total. The lowest BCUT2D eigenvalue weighted by Crippen LogP contribution is -2.17. The van der Waals surface area contributed by atoms with E-state index in [4.69, 9.17) is 0 Å². The summed E-state index contributed by atoms with van der Waals surface area (Å²) in [6.45, 7) is 5.65. The summed E-state index contributed by atoms with van der Waals surface area (Å²) in [5.74, 6) is 1.47. The summed E-state index contributed by atoms with van der Waals surface area (Å²) in [6.07, 6.45) is 2.47. The van der Waals surface area contributed by atoms with Crippen LogP contribution in [0.15, 0.2) is 24.5 Å². The highest BCUT2D eigenvalue weighted by Gasteiger charge is 2.24. The molecule has 0 saturated carbocycles. The summed E-state index contributed by atoms with van der Waals surface area (Å²) in [5.41, 5.74) is 3.06. The molecular formula is C15H17FN4. The molecule has 0 bridgehead atoms. The molecule has 0 aliphatic carbocycles. The van der Waals surface area contributed by atoms with E-state index in [1.165, 1.54) is 6.07 Å². The van der Waals surface area contributed by atoms with Crippen molar-refractivity contribution < 1.29 is 4.39 Å². The van der Waals surface area contributed by atoms with Crippen LogP contribution in [0.2, 0.25) is 0 Å². The van der Waals surface area contributed by atoms with Crippen LogP contribution >= 0.6 is 0 Å². The molecule has 2 aromatic rings. The first-order valence-electron chi connectivity index (χ1n) is 6.82. The Balaban J connectivity index is 2.04. The summed E-state index contributed by atoms with van der Waals surface area (Å²) in [5, 5.41) is 3.22. The number of fused-ring (bicyclic) bond motifs is 1. The van der Waals surface area contributed by atoms with E-state index in [2.05, 4.69) is 20.2 Å². The first-order valence-corrected chi connectivity index (χ1v) is 6.82. The van der Waals surface area contributed by atoms with Gasteiger partial charge in [-0.1, -0.05) is 6.07 Å². The molecule has 0 saturated heterocycles. The average molecular weight is 272 g/mol. The topological polar surface area (TPSA) is 41.1 Å². The minimum atomic E-state index is -0.214. The van der Waals surface area contributed by atoms with Gasteiger partial charge < -0.3 is 10.2 Å². The van der Waals surface area contributed by atoms with Crippen LogP contribution in [-0.2, 0) is 6.42 Å². The van der Waals surface area contributed by atoms with Gasteiger partial charge in [-0.3, -0.25) is 0 Å². The zero-order valence-corrected chi connectivity index (χ0v) is 11.7. The highest BCUT2D eigenvalue weighted by Crippen LogP contribution is 2.36. The SMILES string of the molecule is CCNc1ncnc(N2CCc3ccc(F)cc32)c1C. The molecule has 1 N–H and O–H groups in total. The zero-order chi connectivity index (χ0) is 14.1. The number of halogens is 1. The number of anilines is 3. The van der Waals surface area contributed by atoms with Crippen molar-refractivity contribution in [3.8, 4) is 0 Å². The van der Waals surface area contributed by atoms with E-state index in [-0.39, 0.29) is 5.82 Å². The van der Waals surface area contributed by atoms with E-state index in [9.17, 15) is 4.39 Å². The second kappa shape index (κ2) is 5.07. The van der Waals surface area contributed by atoms with E-state index >= 15 is 0 Å². The molecule has 1 aromatic heterocycles. The normalized spacial score (nSPS) is 13.4. The van der Waals surface area contributed by atoms with Crippen molar-refractivity contribution in [1.82, 2.24) is 9.97 Å². The number of hydrogen-bond acceptors (Lipinski definition) is 4. The van der Waals surface area contributed by atoms with Gasteiger partial charge >= 0.3 is 0 Å². The Morgan fingerprint density at radius 2 is 2.20 bits per heavy atom. The molecule has 1 aromatic carbocycles. The van der Waals surface area contributed by atoms with Crippen molar-refractivity contribution in [3.63, 3.8) is 0 Å². The van der Waals surface area contributed by atoms with Crippen molar-refractivity contribution in [2.45, 2.75) is 20.3 Å². The summed E-state index contributed by atoms with van der Waals surface area (Å²) in [7, 11) is 0. The highest BCUT2D eigenvalue weighted by molar-refractivity contribution is 5.71. The van der Waals surface area contributed by atoms with Gasteiger partial charge in [0.15, 0.2) is 0 Å². The van der Waals surface area contributed by atoms with E-state index in [0.29, 0.717) is 0 Å². The highest BCUT2D eigenvalue weighted by atomic mass is 19.1. The predicted octanol–water partition coefficient (Wildman–Crippen LogP) is 3.05. The first-order chi connectivity index (χ1) is 9.70. The van der Waals surface area contributed by atoms with Crippen molar-refractivity contribution in [2.24, 2.45) is 0 Å². The van der Waals surface area contributed by atoms with Gasteiger partial charge in [0.2, 0.25) is 0 Å². The second-order valence-electron chi connectivity index (χ2n) is 4.88. The third-order valence-electron chi connectivity index (χ3n) is 3.60. The molecule has 20 heavy (non-hydrogen) atoms. The average Bonchev–Trinajstić information content (AvgIpc) is 2.84. The van der Waals surface area contributed by atoms with Crippen LogP contribution in [0.3, 0.4) is 0 Å². The summed E-state index contributed by atoms with van der Waals surface area (Å²) in [6, 6.07) is 4.95. The number of nitrogens with zero attached hydrogens (tertiary/aromatic N) is 3. The Labute approximate surface area is 117 Å². The van der Waals surface area contributed by atoms with Gasteiger partial charge in [-0.25, -0.2) is 14.4 Å². The van der Waals surface area contributed by atoms with Gasteiger partial charge in [-0.2, -0.15) is 0 Å². The molecule has 0 atom stereocenters. The maximum atomic E-state index is 13.5. The third kappa shape index (κ3) is 2.09. The van der Waals surface area contributed by atoms with Crippen molar-refractivity contribution in [3.05, 3.63) is 41.5 Å². The van der Waals surface area contributed by atoms with E-state index in [0.717, 1.165) is 48.0 Å².